The number of allylic oxidation sites excluding steroid dienone is 4. The summed E-state index contributed by atoms with van der Waals surface area (Å²) >= 11 is 0. The highest BCUT2D eigenvalue weighted by Gasteiger charge is 2.52. The van der Waals surface area contributed by atoms with Crippen LogP contribution in [0.4, 0.5) is 0 Å². The van der Waals surface area contributed by atoms with Crippen molar-refractivity contribution in [1.29, 1.82) is 0 Å². The van der Waals surface area contributed by atoms with Gasteiger partial charge in [-0.1, -0.05) is 194 Å². The average molecular weight is 768 g/mol. The van der Waals surface area contributed by atoms with Gasteiger partial charge < -0.3 is 4.74 Å². The van der Waals surface area contributed by atoms with Gasteiger partial charge in [-0.3, -0.25) is 0 Å². The molecule has 4 heteroatoms. The lowest BCUT2D eigenvalue weighted by molar-refractivity contribution is 0.357. The highest BCUT2D eigenvalue weighted by Crippen LogP contribution is 2.62. The Morgan fingerprint density at radius 2 is 0.933 bits per heavy atom. The minimum absolute atomic E-state index is 0.0144. The second kappa shape index (κ2) is 13.7. The quantitative estimate of drug-likeness (QED) is 0.175. The van der Waals surface area contributed by atoms with Crippen LogP contribution >= 0.6 is 0 Å². The summed E-state index contributed by atoms with van der Waals surface area (Å²) in [6.07, 6.45) is 5.40. The zero-order valence-electron chi connectivity index (χ0n) is 32.7. The molecule has 60 heavy (non-hydrogen) atoms. The summed E-state index contributed by atoms with van der Waals surface area (Å²) in [6.45, 7) is 0. The zero-order chi connectivity index (χ0) is 39.6. The van der Waals surface area contributed by atoms with Crippen LogP contribution in [0.1, 0.15) is 34.6 Å². The summed E-state index contributed by atoms with van der Waals surface area (Å²) in [7, 11) is 0. The lowest BCUT2D eigenvalue weighted by Crippen LogP contribution is -2.35. The highest BCUT2D eigenvalue weighted by molar-refractivity contribution is 6.04. The van der Waals surface area contributed by atoms with Crippen molar-refractivity contribution in [3.05, 3.63) is 240 Å². The Kier molecular flexibility index (Phi) is 7.85. The first-order chi connectivity index (χ1) is 29.8. The third kappa shape index (κ3) is 5.20. The van der Waals surface area contributed by atoms with E-state index in [1.54, 1.807) is 0 Å². The van der Waals surface area contributed by atoms with Crippen molar-refractivity contribution in [2.75, 3.05) is 0 Å². The number of rotatable bonds is 5. The number of hydrogen-bond donors (Lipinski definition) is 0. The first-order valence-electron chi connectivity index (χ1n) is 20.6. The molecule has 0 fully saturated rings. The number of benzene rings is 8. The van der Waals surface area contributed by atoms with E-state index in [0.29, 0.717) is 23.9 Å². The van der Waals surface area contributed by atoms with Crippen molar-refractivity contribution in [3.8, 4) is 62.2 Å². The summed E-state index contributed by atoms with van der Waals surface area (Å²) in [5.41, 5.74) is 13.4. The summed E-state index contributed by atoms with van der Waals surface area (Å²) in [5.74, 6) is 3.84. The van der Waals surface area contributed by atoms with E-state index in [-0.39, 0.29) is 5.92 Å². The van der Waals surface area contributed by atoms with E-state index in [4.69, 9.17) is 19.7 Å². The number of hydrogen-bond acceptors (Lipinski definition) is 4. The Hall–Kier alpha value is -7.69. The predicted molar refractivity (Wildman–Crippen MR) is 241 cm³/mol. The maximum Gasteiger partial charge on any atom is 0.164 e. The molecule has 3 aliphatic rings. The maximum absolute atomic E-state index is 6.97. The molecule has 9 aromatic rings. The second-order valence-corrected chi connectivity index (χ2v) is 15.8. The smallest absolute Gasteiger partial charge is 0.164 e. The highest BCUT2D eigenvalue weighted by atomic mass is 16.5. The van der Waals surface area contributed by atoms with Crippen molar-refractivity contribution in [2.45, 2.75) is 17.8 Å². The van der Waals surface area contributed by atoms with Gasteiger partial charge in [0.25, 0.3) is 0 Å². The van der Waals surface area contributed by atoms with Crippen LogP contribution < -0.4 is 4.74 Å². The largest absolute Gasteiger partial charge is 0.461 e. The van der Waals surface area contributed by atoms with Crippen LogP contribution in [0.2, 0.25) is 0 Å². The van der Waals surface area contributed by atoms with E-state index in [2.05, 4.69) is 188 Å². The lowest BCUT2D eigenvalue weighted by atomic mass is 9.64. The van der Waals surface area contributed by atoms with Gasteiger partial charge >= 0.3 is 0 Å². The van der Waals surface area contributed by atoms with Gasteiger partial charge in [0.2, 0.25) is 0 Å². The molecular formula is C56H37N3O. The van der Waals surface area contributed by atoms with Crippen LogP contribution in [0.3, 0.4) is 0 Å². The average Bonchev–Trinajstić information content (AvgIpc) is 3.62. The van der Waals surface area contributed by atoms with E-state index < -0.39 is 5.41 Å². The molecule has 282 valence electrons. The number of aromatic nitrogens is 3. The summed E-state index contributed by atoms with van der Waals surface area (Å²) in [6, 6.07) is 68.6. The zero-order valence-corrected chi connectivity index (χ0v) is 32.7. The third-order valence-corrected chi connectivity index (χ3v) is 12.6. The van der Waals surface area contributed by atoms with Crippen LogP contribution in [0.25, 0.3) is 67.2 Å². The molecule has 0 radical (unpaired) electrons. The molecule has 2 heterocycles. The first-order valence-corrected chi connectivity index (χ1v) is 20.6. The topological polar surface area (TPSA) is 47.9 Å². The minimum atomic E-state index is -0.481. The Bertz CT molecular complexity index is 3180. The van der Waals surface area contributed by atoms with Crippen LogP contribution in [0.15, 0.2) is 218 Å². The molecule has 12 rings (SSSR count). The van der Waals surface area contributed by atoms with Crippen molar-refractivity contribution in [1.82, 2.24) is 15.0 Å². The maximum atomic E-state index is 6.97. The van der Waals surface area contributed by atoms with Gasteiger partial charge in [0, 0.05) is 40.2 Å². The molecule has 0 amide bonds. The van der Waals surface area contributed by atoms with E-state index in [0.717, 1.165) is 44.5 Å². The fourth-order valence-corrected chi connectivity index (χ4v) is 10.0. The van der Waals surface area contributed by atoms with Gasteiger partial charge in [-0.25, -0.2) is 15.0 Å². The Balaban J connectivity index is 1.00. The Labute approximate surface area is 348 Å². The summed E-state index contributed by atoms with van der Waals surface area (Å²) in [4.78, 5) is 15.7. The fourth-order valence-electron chi connectivity index (χ4n) is 10.0. The number of fused-ring (bicyclic) bond motifs is 9. The molecule has 1 atom stereocenters. The minimum Gasteiger partial charge on any atom is -0.461 e. The van der Waals surface area contributed by atoms with E-state index in [9.17, 15) is 0 Å². The van der Waals surface area contributed by atoms with E-state index in [1.165, 1.54) is 44.5 Å². The predicted octanol–water partition coefficient (Wildman–Crippen LogP) is 13.4. The SMILES string of the molecule is C1=CC(c2ccccc2-c2nc(-c3ccccc3)nc(-c3ccc(-c4ccccc4)c4ccccc34)n2)CC2=C1C1(c3ccccc3O2)c2ccccc2-c2ccccc21. The molecule has 0 saturated heterocycles. The molecule has 1 aliphatic heterocycles. The molecule has 0 N–H and O–H groups in total. The third-order valence-electron chi connectivity index (χ3n) is 12.6. The Morgan fingerprint density at radius 3 is 1.65 bits per heavy atom. The molecule has 2 aliphatic carbocycles. The van der Waals surface area contributed by atoms with Crippen LogP contribution in [-0.4, -0.2) is 15.0 Å². The fraction of sp³-hybridized carbons (Fsp3) is 0.0536. The normalized spacial score (nSPS) is 15.6. The van der Waals surface area contributed by atoms with Crippen LogP contribution in [0.5, 0.6) is 5.75 Å². The molecule has 1 spiro atoms. The summed E-state index contributed by atoms with van der Waals surface area (Å²) in [5, 5.41) is 2.25. The van der Waals surface area contributed by atoms with Crippen molar-refractivity contribution in [2.24, 2.45) is 0 Å². The molecule has 1 aromatic heterocycles. The van der Waals surface area contributed by atoms with Crippen LogP contribution in [0, 0.1) is 0 Å². The van der Waals surface area contributed by atoms with Crippen molar-refractivity contribution in [3.63, 3.8) is 0 Å². The lowest BCUT2D eigenvalue weighted by Gasteiger charge is -2.42. The molecule has 0 saturated carbocycles. The van der Waals surface area contributed by atoms with Crippen molar-refractivity contribution < 1.29 is 4.74 Å². The molecule has 8 aromatic carbocycles. The summed E-state index contributed by atoms with van der Waals surface area (Å²) < 4.78 is 6.97. The molecular weight excluding hydrogens is 731 g/mol. The van der Waals surface area contributed by atoms with E-state index >= 15 is 0 Å². The van der Waals surface area contributed by atoms with Crippen LogP contribution in [-0.2, 0) is 5.41 Å². The van der Waals surface area contributed by atoms with Gasteiger partial charge in [0.1, 0.15) is 11.5 Å². The molecule has 1 unspecified atom stereocenters. The molecule has 4 nitrogen and oxygen atoms in total. The Morgan fingerprint density at radius 1 is 0.417 bits per heavy atom. The molecule has 0 bridgehead atoms. The van der Waals surface area contributed by atoms with E-state index in [1.807, 2.05) is 18.2 Å². The number of para-hydroxylation sites is 1. The van der Waals surface area contributed by atoms with Gasteiger partial charge in [0.15, 0.2) is 17.5 Å². The van der Waals surface area contributed by atoms with Crippen molar-refractivity contribution >= 4 is 10.8 Å². The van der Waals surface area contributed by atoms with Gasteiger partial charge in [0.05, 0.1) is 5.41 Å². The van der Waals surface area contributed by atoms with Gasteiger partial charge in [-0.15, -0.1) is 0 Å². The second-order valence-electron chi connectivity index (χ2n) is 15.8. The number of ether oxygens (including phenoxy) is 1. The standard InChI is InChI=1S/C56H37N3O/c1-3-17-36(18-4-1)40-32-33-46(42-23-9-8-22-41(40)42)55-58-53(37-19-5-2-6-20-37)57-54(59-55)45-26-10-7-21-39(45)38-31-34-50-52(35-38)60-51-30-16-15-29-49(51)56(50)47-27-13-11-24-43(47)44-25-12-14-28-48(44)56/h1-34,38H,35H2. The number of nitrogens with zero attached hydrogens (tertiary/aromatic N) is 3. The monoisotopic (exact) mass is 767 g/mol. The van der Waals surface area contributed by atoms with Gasteiger partial charge in [-0.2, -0.15) is 0 Å². The first kappa shape index (κ1) is 34.4. The van der Waals surface area contributed by atoms with Gasteiger partial charge in [-0.05, 0) is 61.8 Å².